The van der Waals surface area contributed by atoms with Gasteiger partial charge in [0, 0.05) is 18.9 Å². The first-order valence-corrected chi connectivity index (χ1v) is 19.1. The first-order valence-electron chi connectivity index (χ1n) is 18.5. The lowest BCUT2D eigenvalue weighted by molar-refractivity contribution is -0.159. The van der Waals surface area contributed by atoms with E-state index in [2.05, 4.69) is 51.8 Å². The summed E-state index contributed by atoms with van der Waals surface area (Å²) in [6, 6.07) is 17.6. The Labute approximate surface area is 303 Å². The predicted octanol–water partition coefficient (Wildman–Crippen LogP) is 6.99. The van der Waals surface area contributed by atoms with Crippen molar-refractivity contribution in [2.75, 3.05) is 20.7 Å². The summed E-state index contributed by atoms with van der Waals surface area (Å²) in [5.74, 6) is 0.720. The second-order valence-corrected chi connectivity index (χ2v) is 16.6. The number of fused-ring (bicyclic) bond motifs is 3. The second-order valence-electron chi connectivity index (χ2n) is 15.9. The third-order valence-corrected chi connectivity index (χ3v) is 12.8. The van der Waals surface area contributed by atoms with Crippen LogP contribution in [0.2, 0.25) is 0 Å². The molecule has 0 saturated heterocycles. The van der Waals surface area contributed by atoms with Crippen molar-refractivity contribution in [1.29, 1.82) is 0 Å². The average molecular weight is 711 g/mol. The SMILES string of the molecule is COc1cc(P)c(OC2CCC(C)(C(=O)OCc3cccc4ccccc34)CC2)cc1C(=O)N(C)[C@H]1[C@@H](C(=O)NCC2(C)CCC2)[C@@H]2C=C[C@H]1C2. The molecule has 4 aliphatic rings. The number of carbonyl (C=O) groups is 3. The van der Waals surface area contributed by atoms with Crippen LogP contribution in [0.25, 0.3) is 10.8 Å². The number of nitrogens with one attached hydrogen (secondary N) is 1. The summed E-state index contributed by atoms with van der Waals surface area (Å²) < 4.78 is 18.1. The molecule has 3 saturated carbocycles. The summed E-state index contributed by atoms with van der Waals surface area (Å²) in [7, 11) is 6.08. The van der Waals surface area contributed by atoms with Crippen LogP contribution in [-0.2, 0) is 20.9 Å². The molecule has 0 radical (unpaired) electrons. The maximum atomic E-state index is 14.3. The fourth-order valence-electron chi connectivity index (χ4n) is 8.85. The van der Waals surface area contributed by atoms with E-state index in [9.17, 15) is 14.4 Å². The van der Waals surface area contributed by atoms with Crippen LogP contribution in [0.5, 0.6) is 11.5 Å². The molecule has 2 bridgehead atoms. The van der Waals surface area contributed by atoms with Crippen LogP contribution in [0.1, 0.15) is 81.1 Å². The van der Waals surface area contributed by atoms with Gasteiger partial charge in [-0.3, -0.25) is 14.4 Å². The number of methoxy groups -OCH3 is 1. The maximum absolute atomic E-state index is 14.3. The van der Waals surface area contributed by atoms with Crippen molar-refractivity contribution in [3.8, 4) is 11.5 Å². The summed E-state index contributed by atoms with van der Waals surface area (Å²) in [5, 5.41) is 6.26. The normalized spacial score (nSPS) is 27.4. The van der Waals surface area contributed by atoms with Gasteiger partial charge in [0.05, 0.1) is 36.2 Å². The highest BCUT2D eigenvalue weighted by atomic mass is 31.0. The molecular weight excluding hydrogens is 659 g/mol. The highest BCUT2D eigenvalue weighted by Crippen LogP contribution is 2.47. The number of rotatable bonds is 11. The molecule has 1 unspecified atom stereocenters. The summed E-state index contributed by atoms with van der Waals surface area (Å²) in [4.78, 5) is 43.0. The predicted molar refractivity (Wildman–Crippen MR) is 202 cm³/mol. The second kappa shape index (κ2) is 14.3. The van der Waals surface area contributed by atoms with Gasteiger partial charge in [0.25, 0.3) is 5.91 Å². The minimum absolute atomic E-state index is 0.0441. The molecular formula is C42H51N2O6P. The molecule has 7 rings (SSSR count). The van der Waals surface area contributed by atoms with Gasteiger partial charge in [-0.05, 0) is 97.6 Å². The van der Waals surface area contributed by atoms with Crippen LogP contribution in [0.15, 0.2) is 66.7 Å². The summed E-state index contributed by atoms with van der Waals surface area (Å²) in [5.41, 5.74) is 1.000. The molecule has 5 atom stereocenters. The summed E-state index contributed by atoms with van der Waals surface area (Å²) in [6.45, 7) is 5.15. The molecule has 2 amide bonds. The van der Waals surface area contributed by atoms with Gasteiger partial charge in [0.1, 0.15) is 18.1 Å². The molecule has 4 aliphatic carbocycles. The van der Waals surface area contributed by atoms with E-state index in [1.165, 1.54) is 6.42 Å². The fourth-order valence-corrected chi connectivity index (χ4v) is 9.16. The van der Waals surface area contributed by atoms with E-state index in [1.807, 2.05) is 44.3 Å². The van der Waals surface area contributed by atoms with Crippen molar-refractivity contribution in [2.24, 2.45) is 28.6 Å². The molecule has 9 heteroatoms. The van der Waals surface area contributed by atoms with E-state index in [1.54, 1.807) is 18.1 Å². The maximum Gasteiger partial charge on any atom is 0.312 e. The number of carbonyl (C=O) groups excluding carboxylic acids is 3. The van der Waals surface area contributed by atoms with Crippen molar-refractivity contribution in [3.05, 3.63) is 77.9 Å². The Hall–Kier alpha value is -3.90. The largest absolute Gasteiger partial charge is 0.496 e. The molecule has 0 aromatic heterocycles. The number of hydrogen-bond donors (Lipinski definition) is 1. The third kappa shape index (κ3) is 7.01. The van der Waals surface area contributed by atoms with Crippen molar-refractivity contribution >= 4 is 43.1 Å². The molecule has 8 nitrogen and oxygen atoms in total. The van der Waals surface area contributed by atoms with Gasteiger partial charge in [-0.15, -0.1) is 9.24 Å². The first kappa shape index (κ1) is 35.5. The number of esters is 1. The Kier molecular flexibility index (Phi) is 9.92. The van der Waals surface area contributed by atoms with Gasteiger partial charge in [0.15, 0.2) is 0 Å². The average Bonchev–Trinajstić information content (AvgIpc) is 3.75. The Morgan fingerprint density at radius 2 is 1.67 bits per heavy atom. The van der Waals surface area contributed by atoms with E-state index >= 15 is 0 Å². The van der Waals surface area contributed by atoms with Gasteiger partial charge in [-0.2, -0.15) is 0 Å². The van der Waals surface area contributed by atoms with Gasteiger partial charge < -0.3 is 24.4 Å². The lowest BCUT2D eigenvalue weighted by Crippen LogP contribution is -2.51. The molecule has 1 N–H and O–H groups in total. The van der Waals surface area contributed by atoms with E-state index < -0.39 is 5.41 Å². The van der Waals surface area contributed by atoms with Crippen LogP contribution in [0, 0.1) is 28.6 Å². The first-order chi connectivity index (χ1) is 24.5. The number of amides is 2. The van der Waals surface area contributed by atoms with E-state index in [4.69, 9.17) is 14.2 Å². The van der Waals surface area contributed by atoms with Crippen LogP contribution in [-0.4, -0.2) is 55.5 Å². The van der Waals surface area contributed by atoms with Crippen molar-refractivity contribution < 1.29 is 28.6 Å². The standard InChI is InChI=1S/C42H51N2O6P/c1-41(17-8-18-41)25-43-38(45)36-27-13-14-28(21-27)37(36)44(3)39(46)32-22-34(35(51)23-33(32)48-4)50-30-15-19-42(2,20-16-30)40(47)49-24-29-11-7-10-26-9-5-6-12-31(26)29/h5-7,9-14,22-23,27-28,30,36-37H,8,15-21,24-25,51H2,1-4H3,(H,43,45)/t27-,28+,30?,36+,37-,42?/m1/s1. The number of allylic oxidation sites excluding steroid dienone is 1. The zero-order chi connectivity index (χ0) is 35.9. The molecule has 0 heterocycles. The molecule has 51 heavy (non-hydrogen) atoms. The van der Waals surface area contributed by atoms with Gasteiger partial charge in [0.2, 0.25) is 5.91 Å². The molecule has 270 valence electrons. The number of benzene rings is 3. The van der Waals surface area contributed by atoms with E-state index in [-0.39, 0.29) is 59.7 Å². The topological polar surface area (TPSA) is 94.2 Å². The smallest absolute Gasteiger partial charge is 0.312 e. The van der Waals surface area contributed by atoms with Crippen LogP contribution < -0.4 is 20.1 Å². The Morgan fingerprint density at radius 1 is 0.941 bits per heavy atom. The molecule has 3 aromatic rings. The minimum atomic E-state index is -0.592. The van der Waals surface area contributed by atoms with Crippen molar-refractivity contribution in [1.82, 2.24) is 10.2 Å². The molecule has 3 aromatic carbocycles. The lowest BCUT2D eigenvalue weighted by Gasteiger charge is -2.40. The minimum Gasteiger partial charge on any atom is -0.496 e. The van der Waals surface area contributed by atoms with Crippen LogP contribution >= 0.6 is 9.24 Å². The van der Waals surface area contributed by atoms with Gasteiger partial charge >= 0.3 is 5.97 Å². The summed E-state index contributed by atoms with van der Waals surface area (Å²) in [6.07, 6.45) is 11.2. The Balaban J connectivity index is 0.998. The van der Waals surface area contributed by atoms with Gasteiger partial charge in [-0.1, -0.05) is 68.0 Å². The van der Waals surface area contributed by atoms with Crippen LogP contribution in [0.4, 0.5) is 0 Å². The number of nitrogens with zero attached hydrogens (tertiary/aromatic N) is 1. The van der Waals surface area contributed by atoms with Gasteiger partial charge in [-0.25, -0.2) is 0 Å². The Bertz CT molecular complexity index is 1840. The summed E-state index contributed by atoms with van der Waals surface area (Å²) >= 11 is 0. The highest BCUT2D eigenvalue weighted by molar-refractivity contribution is 7.27. The zero-order valence-corrected chi connectivity index (χ0v) is 31.4. The van der Waals surface area contributed by atoms with Crippen molar-refractivity contribution in [2.45, 2.75) is 84.0 Å². The highest BCUT2D eigenvalue weighted by Gasteiger charge is 2.51. The van der Waals surface area contributed by atoms with Crippen LogP contribution in [0.3, 0.4) is 0 Å². The third-order valence-electron chi connectivity index (χ3n) is 12.4. The number of ether oxygens (including phenoxy) is 3. The monoisotopic (exact) mass is 710 g/mol. The van der Waals surface area contributed by atoms with Crippen molar-refractivity contribution in [3.63, 3.8) is 0 Å². The Morgan fingerprint density at radius 3 is 2.39 bits per heavy atom. The van der Waals surface area contributed by atoms with E-state index in [0.717, 1.165) is 40.9 Å². The fraction of sp³-hybridized carbons (Fsp3) is 0.500. The zero-order valence-electron chi connectivity index (χ0n) is 30.3. The lowest BCUT2D eigenvalue weighted by atomic mass is 9.70. The molecule has 0 spiro atoms. The number of hydrogen-bond acceptors (Lipinski definition) is 6. The van der Waals surface area contributed by atoms with E-state index in [0.29, 0.717) is 49.3 Å². The molecule has 3 fully saturated rings. The molecule has 0 aliphatic heterocycles. The quantitative estimate of drug-likeness (QED) is 0.131.